The van der Waals surface area contributed by atoms with Crippen molar-refractivity contribution in [2.24, 2.45) is 0 Å². The van der Waals surface area contributed by atoms with Crippen LogP contribution in [0, 0.1) is 19.7 Å². The van der Waals surface area contributed by atoms with Crippen molar-refractivity contribution < 1.29 is 4.39 Å². The molecule has 1 aromatic carbocycles. The van der Waals surface area contributed by atoms with E-state index in [1.165, 1.54) is 12.1 Å². The Balaban J connectivity index is 1.78. The summed E-state index contributed by atoms with van der Waals surface area (Å²) in [6.45, 7) is 4.52. The zero-order valence-electron chi connectivity index (χ0n) is 14.6. The molecule has 0 aliphatic rings. The lowest BCUT2D eigenvalue weighted by Gasteiger charge is -2.09. The number of benzene rings is 1. The van der Waals surface area contributed by atoms with E-state index in [9.17, 15) is 4.39 Å². The lowest BCUT2D eigenvalue weighted by molar-refractivity contribution is 0.628. The number of pyridine rings is 1. The van der Waals surface area contributed by atoms with Crippen LogP contribution in [0.5, 0.6) is 0 Å². The maximum atomic E-state index is 13.3. The molecule has 130 valence electrons. The van der Waals surface area contributed by atoms with E-state index in [-0.39, 0.29) is 5.82 Å². The molecule has 0 radical (unpaired) electrons. The second-order valence-corrected chi connectivity index (χ2v) is 6.20. The van der Waals surface area contributed by atoms with Gasteiger partial charge in [-0.1, -0.05) is 18.2 Å². The molecule has 3 aromatic heterocycles. The summed E-state index contributed by atoms with van der Waals surface area (Å²) in [6, 6.07) is 12.3. The molecule has 0 aliphatic heterocycles. The number of nitrogens with one attached hydrogen (secondary N) is 1. The standard InChI is InChI=1S/C20H18FN5/c1-13-10-18(23-12-15-4-3-9-22-11-15)26-20(24-13)19(14(2)25-26)16-5-7-17(21)8-6-16/h3-11,23H,12H2,1-2H3. The third kappa shape index (κ3) is 3.01. The first-order valence-electron chi connectivity index (χ1n) is 8.37. The second kappa shape index (κ2) is 6.55. The monoisotopic (exact) mass is 347 g/mol. The number of aryl methyl sites for hydroxylation is 2. The van der Waals surface area contributed by atoms with Gasteiger partial charge in [0, 0.05) is 36.3 Å². The van der Waals surface area contributed by atoms with Gasteiger partial charge in [-0.2, -0.15) is 9.61 Å². The van der Waals surface area contributed by atoms with Crippen LogP contribution in [-0.4, -0.2) is 19.6 Å². The van der Waals surface area contributed by atoms with Gasteiger partial charge < -0.3 is 5.32 Å². The third-order valence-electron chi connectivity index (χ3n) is 4.22. The van der Waals surface area contributed by atoms with Gasteiger partial charge >= 0.3 is 0 Å². The third-order valence-corrected chi connectivity index (χ3v) is 4.22. The van der Waals surface area contributed by atoms with Gasteiger partial charge in [-0.25, -0.2) is 9.37 Å². The first kappa shape index (κ1) is 16.2. The highest BCUT2D eigenvalue weighted by Gasteiger charge is 2.16. The highest BCUT2D eigenvalue weighted by Crippen LogP contribution is 2.29. The predicted molar refractivity (Wildman–Crippen MR) is 99.4 cm³/mol. The predicted octanol–water partition coefficient (Wildman–Crippen LogP) is 4.16. The van der Waals surface area contributed by atoms with E-state index in [0.717, 1.165) is 39.5 Å². The smallest absolute Gasteiger partial charge is 0.165 e. The molecular weight excluding hydrogens is 329 g/mol. The van der Waals surface area contributed by atoms with Gasteiger partial charge in [0.05, 0.1) is 5.69 Å². The fourth-order valence-electron chi connectivity index (χ4n) is 3.02. The number of hydrogen-bond acceptors (Lipinski definition) is 4. The largest absolute Gasteiger partial charge is 0.366 e. The molecular formula is C20H18FN5. The summed E-state index contributed by atoms with van der Waals surface area (Å²) in [4.78, 5) is 8.80. The maximum absolute atomic E-state index is 13.3. The Morgan fingerprint density at radius 1 is 1.12 bits per heavy atom. The normalized spacial score (nSPS) is 11.0. The van der Waals surface area contributed by atoms with Crippen LogP contribution in [0.3, 0.4) is 0 Å². The molecule has 0 spiro atoms. The van der Waals surface area contributed by atoms with Crippen LogP contribution in [0.25, 0.3) is 16.8 Å². The molecule has 1 N–H and O–H groups in total. The number of aromatic nitrogens is 4. The molecule has 3 heterocycles. The molecule has 0 fully saturated rings. The van der Waals surface area contributed by atoms with E-state index in [2.05, 4.69) is 20.4 Å². The van der Waals surface area contributed by atoms with Gasteiger partial charge in [-0.05, 0) is 43.2 Å². The number of rotatable bonds is 4. The molecule has 26 heavy (non-hydrogen) atoms. The van der Waals surface area contributed by atoms with E-state index in [0.29, 0.717) is 6.54 Å². The summed E-state index contributed by atoms with van der Waals surface area (Å²) in [5.41, 5.74) is 5.38. The number of hydrogen-bond donors (Lipinski definition) is 1. The fourth-order valence-corrected chi connectivity index (χ4v) is 3.02. The van der Waals surface area contributed by atoms with Gasteiger partial charge in [0.15, 0.2) is 5.65 Å². The number of fused-ring (bicyclic) bond motifs is 1. The topological polar surface area (TPSA) is 55.1 Å². The Morgan fingerprint density at radius 3 is 2.65 bits per heavy atom. The molecule has 0 atom stereocenters. The summed E-state index contributed by atoms with van der Waals surface area (Å²) >= 11 is 0. The molecule has 0 saturated carbocycles. The highest BCUT2D eigenvalue weighted by atomic mass is 19.1. The van der Waals surface area contributed by atoms with Crippen LogP contribution in [0.15, 0.2) is 54.9 Å². The molecule has 0 bridgehead atoms. The molecule has 0 aliphatic carbocycles. The van der Waals surface area contributed by atoms with Gasteiger partial charge in [0.1, 0.15) is 11.6 Å². The summed E-state index contributed by atoms with van der Waals surface area (Å²) in [5, 5.41) is 8.05. The lowest BCUT2D eigenvalue weighted by Crippen LogP contribution is -2.07. The summed E-state index contributed by atoms with van der Waals surface area (Å²) in [7, 11) is 0. The zero-order valence-corrected chi connectivity index (χ0v) is 14.6. The summed E-state index contributed by atoms with van der Waals surface area (Å²) in [5.74, 6) is 0.596. The van der Waals surface area contributed by atoms with E-state index in [1.807, 2.05) is 38.2 Å². The van der Waals surface area contributed by atoms with Gasteiger partial charge in [-0.3, -0.25) is 4.98 Å². The Hall–Kier alpha value is -3.28. The Bertz CT molecular complexity index is 1060. The average molecular weight is 347 g/mol. The van der Waals surface area contributed by atoms with Crippen molar-refractivity contribution in [3.63, 3.8) is 0 Å². The van der Waals surface area contributed by atoms with Crippen molar-refractivity contribution in [2.75, 3.05) is 5.32 Å². The highest BCUT2D eigenvalue weighted by molar-refractivity contribution is 5.80. The minimum atomic E-state index is -0.258. The van der Waals surface area contributed by atoms with Crippen LogP contribution >= 0.6 is 0 Å². The zero-order chi connectivity index (χ0) is 18.1. The molecule has 4 aromatic rings. The van der Waals surface area contributed by atoms with E-state index in [4.69, 9.17) is 0 Å². The number of anilines is 1. The molecule has 0 amide bonds. The van der Waals surface area contributed by atoms with Crippen molar-refractivity contribution in [3.05, 3.63) is 77.6 Å². The number of halogens is 1. The lowest BCUT2D eigenvalue weighted by atomic mass is 10.1. The molecule has 6 heteroatoms. The second-order valence-electron chi connectivity index (χ2n) is 6.20. The van der Waals surface area contributed by atoms with Gasteiger partial charge in [0.25, 0.3) is 0 Å². The minimum absolute atomic E-state index is 0.258. The molecule has 5 nitrogen and oxygen atoms in total. The SMILES string of the molecule is Cc1cc(NCc2cccnc2)n2nc(C)c(-c3ccc(F)cc3)c2n1. The van der Waals surface area contributed by atoms with Crippen molar-refractivity contribution in [1.29, 1.82) is 0 Å². The fraction of sp³-hybridized carbons (Fsp3) is 0.150. The molecule has 4 rings (SSSR count). The average Bonchev–Trinajstić information content (AvgIpc) is 2.97. The van der Waals surface area contributed by atoms with Crippen LogP contribution in [0.4, 0.5) is 10.2 Å². The van der Waals surface area contributed by atoms with Crippen LogP contribution in [0.1, 0.15) is 17.0 Å². The van der Waals surface area contributed by atoms with Gasteiger partial charge in [0.2, 0.25) is 0 Å². The van der Waals surface area contributed by atoms with Crippen molar-refractivity contribution in [3.8, 4) is 11.1 Å². The molecule has 0 saturated heterocycles. The van der Waals surface area contributed by atoms with Crippen molar-refractivity contribution in [1.82, 2.24) is 19.6 Å². The Labute approximate surface area is 150 Å². The van der Waals surface area contributed by atoms with E-state index in [1.54, 1.807) is 22.8 Å². The van der Waals surface area contributed by atoms with Crippen LogP contribution in [0.2, 0.25) is 0 Å². The van der Waals surface area contributed by atoms with Gasteiger partial charge in [-0.15, -0.1) is 0 Å². The summed E-state index contributed by atoms with van der Waals surface area (Å²) < 4.78 is 15.1. The summed E-state index contributed by atoms with van der Waals surface area (Å²) in [6.07, 6.45) is 3.58. The first-order valence-corrected chi connectivity index (χ1v) is 8.37. The molecule has 0 unspecified atom stereocenters. The number of nitrogens with zero attached hydrogens (tertiary/aromatic N) is 4. The Morgan fingerprint density at radius 2 is 1.92 bits per heavy atom. The van der Waals surface area contributed by atoms with Crippen LogP contribution < -0.4 is 5.32 Å². The van der Waals surface area contributed by atoms with Crippen molar-refractivity contribution >= 4 is 11.5 Å². The Kier molecular flexibility index (Phi) is 4.08. The van der Waals surface area contributed by atoms with Crippen molar-refractivity contribution in [2.45, 2.75) is 20.4 Å². The minimum Gasteiger partial charge on any atom is -0.366 e. The maximum Gasteiger partial charge on any atom is 0.165 e. The van der Waals surface area contributed by atoms with E-state index >= 15 is 0 Å². The quantitative estimate of drug-likeness (QED) is 0.602. The van der Waals surface area contributed by atoms with Crippen LogP contribution in [-0.2, 0) is 6.54 Å². The van der Waals surface area contributed by atoms with E-state index < -0.39 is 0 Å². The first-order chi connectivity index (χ1) is 12.6.